The highest BCUT2D eigenvalue weighted by molar-refractivity contribution is 6.02. The first-order valence-electron chi connectivity index (χ1n) is 9.61. The van der Waals surface area contributed by atoms with Gasteiger partial charge in [0.05, 0.1) is 19.0 Å². The van der Waals surface area contributed by atoms with Gasteiger partial charge < -0.3 is 20.0 Å². The van der Waals surface area contributed by atoms with Gasteiger partial charge in [-0.3, -0.25) is 4.79 Å². The van der Waals surface area contributed by atoms with Crippen LogP contribution in [-0.2, 0) is 19.4 Å². The van der Waals surface area contributed by atoms with E-state index in [9.17, 15) is 4.79 Å². The van der Waals surface area contributed by atoms with Gasteiger partial charge in [-0.25, -0.2) is 4.98 Å². The molecule has 1 aromatic carbocycles. The molecule has 0 fully saturated rings. The summed E-state index contributed by atoms with van der Waals surface area (Å²) in [6, 6.07) is 6.02. The van der Waals surface area contributed by atoms with Gasteiger partial charge in [0.15, 0.2) is 0 Å². The molecule has 0 saturated carbocycles. The lowest BCUT2D eigenvalue weighted by molar-refractivity contribution is 0.1000. The normalized spacial score (nSPS) is 11.0. The minimum atomic E-state index is -0.390. The van der Waals surface area contributed by atoms with E-state index in [0.717, 1.165) is 65.3 Å². The second-order valence-electron chi connectivity index (χ2n) is 7.06. The minimum Gasteiger partial charge on any atom is -0.496 e. The highest BCUT2D eigenvalue weighted by Gasteiger charge is 2.24. The molecule has 2 heterocycles. The number of benzene rings is 1. The molecule has 28 heavy (non-hydrogen) atoms. The Morgan fingerprint density at radius 1 is 1.29 bits per heavy atom. The zero-order chi connectivity index (χ0) is 20.3. The van der Waals surface area contributed by atoms with E-state index in [-0.39, 0.29) is 0 Å². The van der Waals surface area contributed by atoms with Crippen molar-refractivity contribution in [3.8, 4) is 16.9 Å². The first-order chi connectivity index (χ1) is 13.5. The third-order valence-electron chi connectivity index (χ3n) is 5.21. The molecule has 6 nitrogen and oxygen atoms in total. The summed E-state index contributed by atoms with van der Waals surface area (Å²) in [5, 5.41) is 0. The minimum absolute atomic E-state index is 0.390. The number of hydrogen-bond acceptors (Lipinski definition) is 3. The van der Waals surface area contributed by atoms with E-state index >= 15 is 0 Å². The summed E-state index contributed by atoms with van der Waals surface area (Å²) < 4.78 is 7.63. The number of rotatable bonds is 8. The van der Waals surface area contributed by atoms with E-state index in [1.165, 1.54) is 0 Å². The van der Waals surface area contributed by atoms with Crippen molar-refractivity contribution < 1.29 is 9.53 Å². The summed E-state index contributed by atoms with van der Waals surface area (Å²) in [5.74, 6) is 0.440. The fourth-order valence-electron chi connectivity index (χ4n) is 3.90. The van der Waals surface area contributed by atoms with E-state index in [1.54, 1.807) is 13.4 Å². The number of H-pyrrole nitrogens is 1. The van der Waals surface area contributed by atoms with Crippen LogP contribution in [0.2, 0.25) is 0 Å². The average molecular weight is 380 g/mol. The number of carbonyl (C=O) groups excluding carboxylic acids is 1. The van der Waals surface area contributed by atoms with Crippen molar-refractivity contribution in [1.29, 1.82) is 0 Å². The summed E-state index contributed by atoms with van der Waals surface area (Å²) >= 11 is 0. The maximum absolute atomic E-state index is 12.4. The van der Waals surface area contributed by atoms with Crippen LogP contribution < -0.4 is 10.5 Å². The largest absolute Gasteiger partial charge is 0.496 e. The number of carbonyl (C=O) groups is 1. The number of nitrogens with zero attached hydrogens (tertiary/aromatic N) is 2. The molecule has 148 valence electrons. The summed E-state index contributed by atoms with van der Waals surface area (Å²) in [6.07, 6.45) is 6.18. The molecule has 0 aliphatic heterocycles. The lowest BCUT2D eigenvalue weighted by Crippen LogP contribution is -2.14. The van der Waals surface area contributed by atoms with Crippen molar-refractivity contribution in [3.63, 3.8) is 0 Å². The molecule has 2 aromatic heterocycles. The van der Waals surface area contributed by atoms with Crippen LogP contribution in [-0.4, -0.2) is 27.6 Å². The fraction of sp³-hybridized carbons (Fsp3) is 0.364. The van der Waals surface area contributed by atoms with Crippen molar-refractivity contribution in [2.75, 3.05) is 7.11 Å². The van der Waals surface area contributed by atoms with E-state index in [0.29, 0.717) is 5.56 Å². The second kappa shape index (κ2) is 8.33. The maximum atomic E-state index is 12.4. The molecule has 1 amide bonds. The second-order valence-corrected chi connectivity index (χ2v) is 7.06. The molecule has 0 spiro atoms. The lowest BCUT2D eigenvalue weighted by atomic mass is 9.96. The number of aromatic amines is 1. The van der Waals surface area contributed by atoms with E-state index in [1.807, 2.05) is 32.2 Å². The Hall–Kier alpha value is -3.02. The van der Waals surface area contributed by atoms with Crippen molar-refractivity contribution in [2.45, 2.75) is 46.6 Å². The number of nitrogens with two attached hydrogens (primary N) is 1. The third-order valence-corrected chi connectivity index (χ3v) is 5.21. The third kappa shape index (κ3) is 3.67. The maximum Gasteiger partial charge on any atom is 0.251 e. The lowest BCUT2D eigenvalue weighted by Gasteiger charge is -2.13. The number of nitrogens with one attached hydrogen (secondary N) is 1. The number of aryl methyl sites for hydroxylation is 2. The first kappa shape index (κ1) is 19.7. The Bertz CT molecular complexity index is 971. The molecule has 0 radical (unpaired) electrons. The molecule has 0 aliphatic carbocycles. The topological polar surface area (TPSA) is 85.9 Å². The molecule has 0 bridgehead atoms. The predicted octanol–water partition coefficient (Wildman–Crippen LogP) is 3.80. The van der Waals surface area contributed by atoms with Crippen molar-refractivity contribution in [3.05, 3.63) is 58.9 Å². The number of ether oxygens (including phenoxy) is 1. The molecule has 6 heteroatoms. The molecule has 3 rings (SSSR count). The van der Waals surface area contributed by atoms with Crippen molar-refractivity contribution in [1.82, 2.24) is 14.5 Å². The van der Waals surface area contributed by atoms with Crippen molar-refractivity contribution >= 4 is 5.91 Å². The standard InChI is InChI=1S/C22H28N4O2/c1-5-6-18-21(16-7-8-19(28-4)14(2)11-16)20(22(23)27)15(3)26(18)10-9-17-12-24-13-25-17/h7-8,11-13H,5-6,9-10H2,1-4H3,(H2,23,27)(H,24,25). The Morgan fingerprint density at radius 2 is 2.07 bits per heavy atom. The first-order valence-corrected chi connectivity index (χ1v) is 9.61. The monoisotopic (exact) mass is 380 g/mol. The highest BCUT2D eigenvalue weighted by atomic mass is 16.5. The average Bonchev–Trinajstić information content (AvgIpc) is 3.27. The highest BCUT2D eigenvalue weighted by Crippen LogP contribution is 2.35. The van der Waals surface area contributed by atoms with Gasteiger partial charge >= 0.3 is 0 Å². The quantitative estimate of drug-likeness (QED) is 0.623. The van der Waals surface area contributed by atoms with Gasteiger partial charge in [-0.1, -0.05) is 19.4 Å². The van der Waals surface area contributed by atoms with Crippen LogP contribution in [0.1, 0.15) is 46.3 Å². The number of methoxy groups -OCH3 is 1. The smallest absolute Gasteiger partial charge is 0.251 e. The van der Waals surface area contributed by atoms with Crippen LogP contribution >= 0.6 is 0 Å². The molecule has 3 aromatic rings. The van der Waals surface area contributed by atoms with Crippen molar-refractivity contribution in [2.24, 2.45) is 5.73 Å². The zero-order valence-corrected chi connectivity index (χ0v) is 17.0. The van der Waals surface area contributed by atoms with Crippen LogP contribution in [0, 0.1) is 13.8 Å². The van der Waals surface area contributed by atoms with Crippen LogP contribution in [0.15, 0.2) is 30.7 Å². The van der Waals surface area contributed by atoms with Gasteiger partial charge in [0.2, 0.25) is 0 Å². The van der Waals surface area contributed by atoms with E-state index < -0.39 is 5.91 Å². The van der Waals surface area contributed by atoms with E-state index in [2.05, 4.69) is 27.5 Å². The number of imidazole rings is 1. The summed E-state index contributed by atoms with van der Waals surface area (Å²) in [7, 11) is 1.66. The summed E-state index contributed by atoms with van der Waals surface area (Å²) in [4.78, 5) is 19.6. The Labute approximate surface area is 165 Å². The SMILES string of the molecule is CCCc1c(-c2ccc(OC)c(C)c2)c(C(N)=O)c(C)n1CCc1cnc[nH]1. The number of aromatic nitrogens is 3. The van der Waals surface area contributed by atoms with Crippen LogP contribution in [0.5, 0.6) is 5.75 Å². The van der Waals surface area contributed by atoms with Gasteiger partial charge in [0.1, 0.15) is 5.75 Å². The molecular formula is C22H28N4O2. The molecular weight excluding hydrogens is 352 g/mol. The predicted molar refractivity (Wildman–Crippen MR) is 111 cm³/mol. The van der Waals surface area contributed by atoms with Gasteiger partial charge in [-0.2, -0.15) is 0 Å². The molecule has 0 atom stereocenters. The number of primary amides is 1. The molecule has 0 aliphatic rings. The van der Waals surface area contributed by atoms with Gasteiger partial charge in [-0.15, -0.1) is 0 Å². The van der Waals surface area contributed by atoms with Crippen LogP contribution in [0.4, 0.5) is 0 Å². The van der Waals surface area contributed by atoms with Gasteiger partial charge in [0, 0.05) is 41.8 Å². The summed E-state index contributed by atoms with van der Waals surface area (Å²) in [6.45, 7) is 6.90. The van der Waals surface area contributed by atoms with Crippen LogP contribution in [0.25, 0.3) is 11.1 Å². The van der Waals surface area contributed by atoms with Crippen LogP contribution in [0.3, 0.4) is 0 Å². The number of amides is 1. The Balaban J connectivity index is 2.15. The molecule has 0 unspecified atom stereocenters. The zero-order valence-electron chi connectivity index (χ0n) is 17.0. The number of hydrogen-bond donors (Lipinski definition) is 2. The van der Waals surface area contributed by atoms with Gasteiger partial charge in [-0.05, 0) is 43.5 Å². The fourth-order valence-corrected chi connectivity index (χ4v) is 3.90. The van der Waals surface area contributed by atoms with Gasteiger partial charge in [0.25, 0.3) is 5.91 Å². The molecule has 0 saturated heterocycles. The molecule has 3 N–H and O–H groups in total. The summed E-state index contributed by atoms with van der Waals surface area (Å²) in [5.41, 5.74) is 12.5. The Morgan fingerprint density at radius 3 is 2.64 bits per heavy atom. The van der Waals surface area contributed by atoms with E-state index in [4.69, 9.17) is 10.5 Å². The Kier molecular flexibility index (Phi) is 5.87.